The van der Waals surface area contributed by atoms with E-state index in [0.717, 1.165) is 28.7 Å². The number of hydrogen-bond acceptors (Lipinski definition) is 2. The Kier molecular flexibility index (Phi) is 7.31. The zero-order chi connectivity index (χ0) is 24.1. The van der Waals surface area contributed by atoms with Crippen LogP contribution < -0.4 is 5.73 Å². The molecule has 2 atom stereocenters. The van der Waals surface area contributed by atoms with Crippen molar-refractivity contribution in [3.63, 3.8) is 0 Å². The van der Waals surface area contributed by atoms with Gasteiger partial charge in [0.2, 0.25) is 0 Å². The van der Waals surface area contributed by atoms with Gasteiger partial charge in [0.15, 0.2) is 0 Å². The molecule has 3 aromatic rings. The lowest BCUT2D eigenvalue weighted by atomic mass is 9.90. The number of amides is 3. The van der Waals surface area contributed by atoms with Gasteiger partial charge in [-0.1, -0.05) is 77.9 Å². The quantitative estimate of drug-likeness (QED) is 0.562. The zero-order valence-electron chi connectivity index (χ0n) is 20.0. The molecule has 3 amide bonds. The van der Waals surface area contributed by atoms with Crippen molar-refractivity contribution in [1.29, 1.82) is 0 Å². The van der Waals surface area contributed by atoms with Crippen LogP contribution in [0.5, 0.6) is 0 Å². The highest BCUT2D eigenvalue weighted by molar-refractivity contribution is 5.95. The van der Waals surface area contributed by atoms with Crippen molar-refractivity contribution >= 4 is 11.9 Å². The smallest absolute Gasteiger partial charge is 0.315 e. The van der Waals surface area contributed by atoms with Crippen LogP contribution >= 0.6 is 0 Å². The standard InChI is InChI=1S/C29H33N3O2/c1-21-15-22(2)17-25(16-21)28(33)31-14-13-26(19-27(31)18-23-9-5-3-6-10-23)32(29(30)34)20-24-11-7-4-8-12-24/h3-12,15-17,26-27H,13-14,18-20H2,1-2H3,(H2,30,34)/t26-,27+/m0/s1. The van der Waals surface area contributed by atoms with Crippen LogP contribution in [0, 0.1) is 13.8 Å². The average Bonchev–Trinajstić information content (AvgIpc) is 2.82. The van der Waals surface area contributed by atoms with E-state index in [4.69, 9.17) is 5.73 Å². The number of carbonyl (C=O) groups excluding carboxylic acids is 2. The number of nitrogens with two attached hydrogens (primary N) is 1. The number of nitrogens with zero attached hydrogens (tertiary/aromatic N) is 2. The predicted molar refractivity (Wildman–Crippen MR) is 135 cm³/mol. The van der Waals surface area contributed by atoms with Gasteiger partial charge in [0, 0.05) is 30.7 Å². The third-order valence-electron chi connectivity index (χ3n) is 6.65. The van der Waals surface area contributed by atoms with E-state index in [1.54, 1.807) is 4.90 Å². The van der Waals surface area contributed by atoms with Gasteiger partial charge in [0.25, 0.3) is 5.91 Å². The number of aryl methyl sites for hydroxylation is 2. The van der Waals surface area contributed by atoms with Crippen molar-refractivity contribution in [2.24, 2.45) is 5.73 Å². The molecule has 1 aliphatic heterocycles. The number of piperidine rings is 1. The maximum atomic E-state index is 13.6. The second-order valence-corrected chi connectivity index (χ2v) is 9.35. The molecule has 0 unspecified atom stereocenters. The molecule has 5 heteroatoms. The van der Waals surface area contributed by atoms with Crippen LogP contribution in [0.3, 0.4) is 0 Å². The number of benzene rings is 3. The van der Waals surface area contributed by atoms with Crippen LogP contribution in [-0.4, -0.2) is 40.4 Å². The highest BCUT2D eigenvalue weighted by Gasteiger charge is 2.36. The molecule has 1 fully saturated rings. The molecule has 3 aromatic carbocycles. The molecular formula is C29H33N3O2. The summed E-state index contributed by atoms with van der Waals surface area (Å²) in [5.41, 5.74) is 11.0. The van der Waals surface area contributed by atoms with Crippen LogP contribution in [-0.2, 0) is 13.0 Å². The van der Waals surface area contributed by atoms with Gasteiger partial charge in [-0.05, 0) is 56.4 Å². The molecule has 176 valence electrons. The first-order valence-corrected chi connectivity index (χ1v) is 11.9. The van der Waals surface area contributed by atoms with E-state index in [9.17, 15) is 9.59 Å². The number of carbonyl (C=O) groups is 2. The normalized spacial score (nSPS) is 17.9. The molecule has 34 heavy (non-hydrogen) atoms. The van der Waals surface area contributed by atoms with Crippen LogP contribution in [0.2, 0.25) is 0 Å². The van der Waals surface area contributed by atoms with Gasteiger partial charge in [-0.2, -0.15) is 0 Å². The fraction of sp³-hybridized carbons (Fsp3) is 0.310. The number of urea groups is 1. The van der Waals surface area contributed by atoms with Crippen molar-refractivity contribution in [3.8, 4) is 0 Å². The van der Waals surface area contributed by atoms with Gasteiger partial charge in [-0.15, -0.1) is 0 Å². The van der Waals surface area contributed by atoms with E-state index in [0.29, 0.717) is 25.9 Å². The summed E-state index contributed by atoms with van der Waals surface area (Å²) >= 11 is 0. The van der Waals surface area contributed by atoms with Crippen LogP contribution in [0.15, 0.2) is 78.9 Å². The largest absolute Gasteiger partial charge is 0.351 e. The fourth-order valence-electron chi connectivity index (χ4n) is 5.09. The number of hydrogen-bond donors (Lipinski definition) is 1. The molecule has 4 rings (SSSR count). The molecule has 0 saturated carbocycles. The molecule has 0 bridgehead atoms. The highest BCUT2D eigenvalue weighted by Crippen LogP contribution is 2.28. The highest BCUT2D eigenvalue weighted by atomic mass is 16.2. The summed E-state index contributed by atoms with van der Waals surface area (Å²) in [4.78, 5) is 29.8. The van der Waals surface area contributed by atoms with Gasteiger partial charge < -0.3 is 15.5 Å². The molecule has 2 N–H and O–H groups in total. The van der Waals surface area contributed by atoms with Crippen molar-refractivity contribution in [2.75, 3.05) is 6.54 Å². The van der Waals surface area contributed by atoms with Gasteiger partial charge in [-0.3, -0.25) is 4.79 Å². The summed E-state index contributed by atoms with van der Waals surface area (Å²) < 4.78 is 0. The Morgan fingerprint density at radius 1 is 0.912 bits per heavy atom. The lowest BCUT2D eigenvalue weighted by molar-refractivity contribution is 0.0484. The molecule has 5 nitrogen and oxygen atoms in total. The van der Waals surface area contributed by atoms with Gasteiger partial charge >= 0.3 is 6.03 Å². The Morgan fingerprint density at radius 3 is 2.09 bits per heavy atom. The maximum absolute atomic E-state index is 13.6. The minimum atomic E-state index is -0.415. The monoisotopic (exact) mass is 455 g/mol. The Morgan fingerprint density at radius 2 is 1.50 bits per heavy atom. The molecule has 1 aliphatic rings. The number of primary amides is 1. The predicted octanol–water partition coefficient (Wildman–Crippen LogP) is 5.10. The van der Waals surface area contributed by atoms with E-state index in [1.165, 1.54) is 5.56 Å². The Balaban J connectivity index is 1.59. The van der Waals surface area contributed by atoms with Crippen LogP contribution in [0.25, 0.3) is 0 Å². The molecule has 0 radical (unpaired) electrons. The molecule has 1 heterocycles. The molecule has 0 spiro atoms. The van der Waals surface area contributed by atoms with Crippen molar-refractivity contribution in [3.05, 3.63) is 107 Å². The second-order valence-electron chi connectivity index (χ2n) is 9.35. The van der Waals surface area contributed by atoms with Crippen molar-refractivity contribution in [2.45, 2.75) is 51.7 Å². The fourth-order valence-corrected chi connectivity index (χ4v) is 5.09. The lowest BCUT2D eigenvalue weighted by Gasteiger charge is -2.43. The summed E-state index contributed by atoms with van der Waals surface area (Å²) in [7, 11) is 0. The minimum Gasteiger partial charge on any atom is -0.351 e. The number of likely N-dealkylation sites (tertiary alicyclic amines) is 1. The third kappa shape index (κ3) is 5.66. The SMILES string of the molecule is Cc1cc(C)cc(C(=O)N2CC[C@H](N(Cc3ccccc3)C(N)=O)C[C@H]2Cc2ccccc2)c1. The Hall–Kier alpha value is -3.60. The van der Waals surface area contributed by atoms with Crippen molar-refractivity contribution in [1.82, 2.24) is 9.80 Å². The minimum absolute atomic E-state index is 0.0188. The first-order valence-electron chi connectivity index (χ1n) is 11.9. The first-order chi connectivity index (χ1) is 16.4. The van der Waals surface area contributed by atoms with E-state index in [2.05, 4.69) is 18.2 Å². The van der Waals surface area contributed by atoms with E-state index < -0.39 is 6.03 Å². The van der Waals surface area contributed by atoms with E-state index >= 15 is 0 Å². The van der Waals surface area contributed by atoms with Gasteiger partial charge in [0.1, 0.15) is 0 Å². The summed E-state index contributed by atoms with van der Waals surface area (Å²) in [6.45, 7) is 5.11. The van der Waals surface area contributed by atoms with E-state index in [1.807, 2.05) is 79.4 Å². The average molecular weight is 456 g/mol. The second kappa shape index (κ2) is 10.6. The topological polar surface area (TPSA) is 66.6 Å². The summed E-state index contributed by atoms with van der Waals surface area (Å²) in [6, 6.07) is 25.7. The molecule has 0 aliphatic carbocycles. The van der Waals surface area contributed by atoms with Gasteiger partial charge in [0.05, 0.1) is 0 Å². The molecular weight excluding hydrogens is 422 g/mol. The Labute approximate surface area is 202 Å². The van der Waals surface area contributed by atoms with Crippen LogP contribution in [0.4, 0.5) is 4.79 Å². The summed E-state index contributed by atoms with van der Waals surface area (Å²) in [5, 5.41) is 0. The summed E-state index contributed by atoms with van der Waals surface area (Å²) in [5.74, 6) is 0.0554. The summed E-state index contributed by atoms with van der Waals surface area (Å²) in [6.07, 6.45) is 2.14. The maximum Gasteiger partial charge on any atom is 0.315 e. The Bertz CT molecular complexity index is 1110. The number of rotatable bonds is 6. The third-order valence-corrected chi connectivity index (χ3v) is 6.65. The lowest BCUT2D eigenvalue weighted by Crippen LogP contribution is -2.54. The van der Waals surface area contributed by atoms with Gasteiger partial charge in [-0.25, -0.2) is 4.79 Å². The van der Waals surface area contributed by atoms with Crippen molar-refractivity contribution < 1.29 is 9.59 Å². The zero-order valence-corrected chi connectivity index (χ0v) is 20.0. The molecule has 1 saturated heterocycles. The molecule has 0 aromatic heterocycles. The first kappa shape index (κ1) is 23.6. The van der Waals surface area contributed by atoms with Crippen LogP contribution in [0.1, 0.15) is 45.5 Å². The van der Waals surface area contributed by atoms with E-state index in [-0.39, 0.29) is 18.0 Å².